The third-order valence-corrected chi connectivity index (χ3v) is 4.39. The van der Waals surface area contributed by atoms with Crippen LogP contribution in [-0.2, 0) is 0 Å². The first-order valence-electron chi connectivity index (χ1n) is 7.23. The van der Waals surface area contributed by atoms with Gasteiger partial charge in [0.1, 0.15) is 0 Å². The Morgan fingerprint density at radius 3 is 2.55 bits per heavy atom. The van der Waals surface area contributed by atoms with Crippen LogP contribution in [0.15, 0.2) is 54.6 Å². The van der Waals surface area contributed by atoms with Crippen molar-refractivity contribution in [2.24, 2.45) is 0 Å². The fourth-order valence-corrected chi connectivity index (χ4v) is 3.30. The molecule has 2 atom stereocenters. The minimum absolute atomic E-state index is 0.412. The van der Waals surface area contributed by atoms with Gasteiger partial charge in [-0.05, 0) is 35.6 Å². The van der Waals surface area contributed by atoms with Crippen molar-refractivity contribution >= 4 is 10.9 Å². The van der Waals surface area contributed by atoms with Gasteiger partial charge in [-0.15, -0.1) is 0 Å². The maximum Gasteiger partial charge on any atom is 0.0456 e. The second-order valence-corrected chi connectivity index (χ2v) is 5.62. The van der Waals surface area contributed by atoms with Crippen LogP contribution in [0.3, 0.4) is 0 Å². The summed E-state index contributed by atoms with van der Waals surface area (Å²) in [5.41, 5.74) is 5.39. The van der Waals surface area contributed by atoms with Crippen LogP contribution >= 0.6 is 0 Å². The predicted octanol–water partition coefficient (Wildman–Crippen LogP) is 3.96. The van der Waals surface area contributed by atoms with E-state index >= 15 is 0 Å². The van der Waals surface area contributed by atoms with Crippen molar-refractivity contribution in [2.45, 2.75) is 18.9 Å². The molecule has 0 unspecified atom stereocenters. The van der Waals surface area contributed by atoms with Crippen LogP contribution in [0.1, 0.15) is 35.7 Å². The number of hydrogen-bond acceptors (Lipinski definition) is 1. The van der Waals surface area contributed by atoms with Gasteiger partial charge in [0, 0.05) is 29.7 Å². The summed E-state index contributed by atoms with van der Waals surface area (Å²) in [4.78, 5) is 3.58. The van der Waals surface area contributed by atoms with Gasteiger partial charge in [-0.1, -0.05) is 42.5 Å². The SMILES string of the molecule is C[C@@H]1NC[C@H](c2cc3ccccc3[nH]2)c2ccccc21. The van der Waals surface area contributed by atoms with Gasteiger partial charge in [0.2, 0.25) is 0 Å². The molecule has 4 rings (SSSR count). The number of para-hydroxylation sites is 1. The Morgan fingerprint density at radius 1 is 0.950 bits per heavy atom. The Balaban J connectivity index is 1.84. The van der Waals surface area contributed by atoms with Crippen LogP contribution in [-0.4, -0.2) is 11.5 Å². The molecule has 0 radical (unpaired) electrons. The lowest BCUT2D eigenvalue weighted by Crippen LogP contribution is -2.32. The number of hydrogen-bond donors (Lipinski definition) is 2. The van der Waals surface area contributed by atoms with Crippen molar-refractivity contribution in [3.63, 3.8) is 0 Å². The smallest absolute Gasteiger partial charge is 0.0456 e. The van der Waals surface area contributed by atoms with E-state index in [2.05, 4.69) is 71.8 Å². The van der Waals surface area contributed by atoms with Crippen molar-refractivity contribution in [1.82, 2.24) is 10.3 Å². The predicted molar refractivity (Wildman–Crippen MR) is 83.0 cm³/mol. The molecule has 1 aliphatic rings. The molecule has 2 heterocycles. The van der Waals surface area contributed by atoms with E-state index < -0.39 is 0 Å². The number of aromatic nitrogens is 1. The summed E-state index contributed by atoms with van der Waals surface area (Å²) in [6, 6.07) is 20.0. The Labute approximate surface area is 118 Å². The number of fused-ring (bicyclic) bond motifs is 2. The molecule has 1 aliphatic heterocycles. The van der Waals surface area contributed by atoms with Crippen LogP contribution in [0.25, 0.3) is 10.9 Å². The summed E-state index contributed by atoms with van der Waals surface area (Å²) in [5.74, 6) is 0.412. The van der Waals surface area contributed by atoms with E-state index in [9.17, 15) is 0 Å². The highest BCUT2D eigenvalue weighted by molar-refractivity contribution is 5.80. The Hall–Kier alpha value is -2.06. The first-order chi connectivity index (χ1) is 9.83. The summed E-state index contributed by atoms with van der Waals surface area (Å²) in [6.45, 7) is 3.23. The molecule has 2 N–H and O–H groups in total. The summed E-state index contributed by atoms with van der Waals surface area (Å²) in [7, 11) is 0. The van der Waals surface area contributed by atoms with Gasteiger partial charge in [-0.3, -0.25) is 0 Å². The average molecular weight is 262 g/mol. The molecule has 0 bridgehead atoms. The van der Waals surface area contributed by atoms with Crippen molar-refractivity contribution in [3.05, 3.63) is 71.4 Å². The topological polar surface area (TPSA) is 27.8 Å². The molecule has 2 heteroatoms. The number of H-pyrrole nitrogens is 1. The molecule has 1 aromatic heterocycles. The highest BCUT2D eigenvalue weighted by Crippen LogP contribution is 2.34. The lowest BCUT2D eigenvalue weighted by atomic mass is 9.85. The van der Waals surface area contributed by atoms with Gasteiger partial charge in [0.25, 0.3) is 0 Å². The first kappa shape index (κ1) is 11.7. The van der Waals surface area contributed by atoms with Crippen molar-refractivity contribution in [2.75, 3.05) is 6.54 Å². The first-order valence-corrected chi connectivity index (χ1v) is 7.23. The molecule has 0 amide bonds. The van der Waals surface area contributed by atoms with Gasteiger partial charge in [-0.25, -0.2) is 0 Å². The van der Waals surface area contributed by atoms with Crippen LogP contribution in [0.2, 0.25) is 0 Å². The van der Waals surface area contributed by atoms with Crippen molar-refractivity contribution in [1.29, 1.82) is 0 Å². The minimum Gasteiger partial charge on any atom is -0.358 e. The van der Waals surface area contributed by atoms with Crippen LogP contribution in [0.5, 0.6) is 0 Å². The monoisotopic (exact) mass is 262 g/mol. The molecular weight excluding hydrogens is 244 g/mol. The molecule has 2 aromatic carbocycles. The van der Waals surface area contributed by atoms with E-state index in [1.54, 1.807) is 0 Å². The molecule has 0 fully saturated rings. The van der Waals surface area contributed by atoms with Gasteiger partial charge >= 0.3 is 0 Å². The zero-order valence-corrected chi connectivity index (χ0v) is 11.6. The lowest BCUT2D eigenvalue weighted by Gasteiger charge is -2.30. The molecule has 0 saturated carbocycles. The van der Waals surface area contributed by atoms with E-state index in [4.69, 9.17) is 0 Å². The van der Waals surface area contributed by atoms with Gasteiger partial charge in [-0.2, -0.15) is 0 Å². The number of rotatable bonds is 1. The third-order valence-electron chi connectivity index (χ3n) is 4.39. The van der Waals surface area contributed by atoms with E-state index in [1.165, 1.54) is 27.7 Å². The van der Waals surface area contributed by atoms with E-state index in [0.717, 1.165) is 6.54 Å². The molecule has 100 valence electrons. The highest BCUT2D eigenvalue weighted by atomic mass is 14.9. The normalized spacial score (nSPS) is 21.9. The minimum atomic E-state index is 0.412. The second kappa shape index (κ2) is 4.50. The molecular formula is C18H18N2. The van der Waals surface area contributed by atoms with Gasteiger partial charge < -0.3 is 10.3 Å². The fraction of sp³-hybridized carbons (Fsp3) is 0.222. The Kier molecular flexibility index (Phi) is 2.64. The largest absolute Gasteiger partial charge is 0.358 e. The average Bonchev–Trinajstić information content (AvgIpc) is 2.91. The van der Waals surface area contributed by atoms with Crippen LogP contribution in [0.4, 0.5) is 0 Å². The van der Waals surface area contributed by atoms with Gasteiger partial charge in [0.05, 0.1) is 0 Å². The molecule has 0 saturated heterocycles. The van der Waals surface area contributed by atoms with E-state index in [0.29, 0.717) is 12.0 Å². The molecule has 20 heavy (non-hydrogen) atoms. The van der Waals surface area contributed by atoms with E-state index in [1.807, 2.05) is 0 Å². The maximum atomic E-state index is 3.61. The standard InChI is InChI=1S/C18H18N2/c1-12-14-7-3-4-8-15(14)16(11-19-12)18-10-13-6-2-5-9-17(13)20-18/h2-10,12,16,19-20H,11H2,1H3/t12-,16-/m0/s1. The molecule has 0 spiro atoms. The van der Waals surface area contributed by atoms with Gasteiger partial charge in [0.15, 0.2) is 0 Å². The Morgan fingerprint density at radius 2 is 1.70 bits per heavy atom. The zero-order chi connectivity index (χ0) is 13.5. The molecule has 0 aliphatic carbocycles. The van der Waals surface area contributed by atoms with Crippen LogP contribution < -0.4 is 5.32 Å². The lowest BCUT2D eigenvalue weighted by molar-refractivity contribution is 0.505. The third kappa shape index (κ3) is 1.76. The van der Waals surface area contributed by atoms with Crippen molar-refractivity contribution < 1.29 is 0 Å². The molecule has 2 nitrogen and oxygen atoms in total. The van der Waals surface area contributed by atoms with Crippen molar-refractivity contribution in [3.8, 4) is 0 Å². The quantitative estimate of drug-likeness (QED) is 0.682. The summed E-state index contributed by atoms with van der Waals surface area (Å²) in [6.07, 6.45) is 0. The zero-order valence-electron chi connectivity index (χ0n) is 11.6. The fourth-order valence-electron chi connectivity index (χ4n) is 3.30. The Bertz CT molecular complexity index is 724. The summed E-state index contributed by atoms with van der Waals surface area (Å²) in [5, 5.41) is 4.90. The maximum absolute atomic E-state index is 3.61. The number of nitrogens with one attached hydrogen (secondary N) is 2. The highest BCUT2D eigenvalue weighted by Gasteiger charge is 2.26. The molecule has 3 aromatic rings. The second-order valence-electron chi connectivity index (χ2n) is 5.62. The summed E-state index contributed by atoms with van der Waals surface area (Å²) < 4.78 is 0. The van der Waals surface area contributed by atoms with E-state index in [-0.39, 0.29) is 0 Å². The number of benzene rings is 2. The summed E-state index contributed by atoms with van der Waals surface area (Å²) >= 11 is 0. The van der Waals surface area contributed by atoms with Crippen LogP contribution in [0, 0.1) is 0 Å². The number of aromatic amines is 1.